The molecule has 0 spiro atoms. The summed E-state index contributed by atoms with van der Waals surface area (Å²) < 4.78 is 1.27. The number of halogens is 1. The van der Waals surface area contributed by atoms with Crippen molar-refractivity contribution in [1.29, 1.82) is 5.41 Å². The van der Waals surface area contributed by atoms with Crippen LogP contribution >= 0.6 is 15.9 Å². The Hall–Kier alpha value is -0.840. The molecular weight excluding hydrogens is 186 g/mol. The number of rotatable bonds is 0. The van der Waals surface area contributed by atoms with Crippen molar-refractivity contribution in [2.45, 2.75) is 0 Å². The Morgan fingerprint density at radius 2 is 2.44 bits per heavy atom. The van der Waals surface area contributed by atoms with Crippen LogP contribution < -0.4 is 5.62 Å². The highest BCUT2D eigenvalue weighted by Crippen LogP contribution is 2.01. The molecule has 0 bridgehead atoms. The minimum absolute atomic E-state index is 0.182. The third-order valence-electron chi connectivity index (χ3n) is 0.773. The van der Waals surface area contributed by atoms with Crippen LogP contribution in [0, 0.1) is 5.41 Å². The smallest absolute Gasteiger partial charge is 0.255 e. The van der Waals surface area contributed by atoms with Gasteiger partial charge in [-0.15, -0.1) is 0 Å². The summed E-state index contributed by atoms with van der Waals surface area (Å²) in [4.78, 5) is 3.51. The molecule has 1 heterocycles. The van der Waals surface area contributed by atoms with E-state index in [-0.39, 0.29) is 5.62 Å². The zero-order chi connectivity index (χ0) is 6.85. The second-order valence-electron chi connectivity index (χ2n) is 1.44. The Bertz CT molecular complexity index is 269. The predicted octanol–water partition coefficient (Wildman–Crippen LogP) is 0.362. The van der Waals surface area contributed by atoms with Gasteiger partial charge in [-0.05, 0) is 15.9 Å². The summed E-state index contributed by atoms with van der Waals surface area (Å²) in [6.07, 6.45) is 2.78. The molecule has 0 fully saturated rings. The number of nitrogens with zero attached hydrogens (tertiary/aromatic N) is 2. The molecule has 1 aromatic rings. The molecule has 9 heavy (non-hydrogen) atoms. The highest BCUT2D eigenvalue weighted by molar-refractivity contribution is 9.10. The summed E-state index contributed by atoms with van der Waals surface area (Å²) in [7, 11) is 0. The second-order valence-corrected chi connectivity index (χ2v) is 2.36. The Kier molecular flexibility index (Phi) is 1.52. The molecule has 0 aliphatic carbocycles. The van der Waals surface area contributed by atoms with Crippen molar-refractivity contribution in [1.82, 2.24) is 9.71 Å². The van der Waals surface area contributed by atoms with Crippen molar-refractivity contribution in [3.05, 3.63) is 22.5 Å². The molecule has 0 radical (unpaired) electrons. The first-order chi connectivity index (χ1) is 4.20. The van der Waals surface area contributed by atoms with E-state index in [9.17, 15) is 0 Å². The molecular formula is C4H4BrN3O. The molecule has 0 aliphatic rings. The van der Waals surface area contributed by atoms with Crippen LogP contribution in [-0.4, -0.2) is 14.9 Å². The van der Waals surface area contributed by atoms with Gasteiger partial charge in [0.2, 0.25) is 0 Å². The fourth-order valence-corrected chi connectivity index (χ4v) is 0.690. The van der Waals surface area contributed by atoms with Gasteiger partial charge in [0.05, 0.1) is 10.7 Å². The lowest BCUT2D eigenvalue weighted by atomic mass is 10.7. The number of hydrogen-bond acceptors (Lipinski definition) is 3. The summed E-state index contributed by atoms with van der Waals surface area (Å²) in [6, 6.07) is 0. The van der Waals surface area contributed by atoms with Crippen LogP contribution in [0.4, 0.5) is 0 Å². The van der Waals surface area contributed by atoms with E-state index in [1.807, 2.05) is 0 Å². The molecule has 48 valence electrons. The lowest BCUT2D eigenvalue weighted by Crippen LogP contribution is -2.19. The van der Waals surface area contributed by atoms with E-state index in [1.54, 1.807) is 0 Å². The normalized spacial score (nSPS) is 9.44. The topological polar surface area (TPSA) is 61.9 Å². The first-order valence-corrected chi connectivity index (χ1v) is 2.97. The average Bonchev–Trinajstić information content (AvgIpc) is 1.80. The molecule has 0 aliphatic heterocycles. The van der Waals surface area contributed by atoms with Crippen LogP contribution in [0.1, 0.15) is 0 Å². The van der Waals surface area contributed by atoms with Gasteiger partial charge in [0.15, 0.2) is 0 Å². The minimum atomic E-state index is -0.182. The van der Waals surface area contributed by atoms with E-state index in [1.165, 1.54) is 12.4 Å². The highest BCUT2D eigenvalue weighted by atomic mass is 79.9. The number of nitrogens with one attached hydrogen (secondary N) is 1. The van der Waals surface area contributed by atoms with E-state index in [0.717, 1.165) is 0 Å². The van der Waals surface area contributed by atoms with Gasteiger partial charge < -0.3 is 5.21 Å². The Labute approximate surface area is 59.4 Å². The molecule has 1 rings (SSSR count). The van der Waals surface area contributed by atoms with Crippen molar-refractivity contribution in [3.8, 4) is 0 Å². The highest BCUT2D eigenvalue weighted by Gasteiger charge is 1.88. The number of hydrogen-bond donors (Lipinski definition) is 2. The van der Waals surface area contributed by atoms with Crippen molar-refractivity contribution in [2.24, 2.45) is 0 Å². The first kappa shape index (κ1) is 6.28. The van der Waals surface area contributed by atoms with Crippen molar-refractivity contribution < 1.29 is 5.21 Å². The van der Waals surface area contributed by atoms with E-state index >= 15 is 0 Å². The van der Waals surface area contributed by atoms with Gasteiger partial charge in [-0.25, -0.2) is 4.98 Å². The maximum Gasteiger partial charge on any atom is 0.255 e. The van der Waals surface area contributed by atoms with Crippen molar-refractivity contribution in [3.63, 3.8) is 0 Å². The van der Waals surface area contributed by atoms with Gasteiger partial charge in [0, 0.05) is 6.20 Å². The lowest BCUT2D eigenvalue weighted by Gasteiger charge is -1.93. The third-order valence-corrected chi connectivity index (χ3v) is 1.18. The summed E-state index contributed by atoms with van der Waals surface area (Å²) in [5.74, 6) is 0. The monoisotopic (exact) mass is 189 g/mol. The maximum absolute atomic E-state index is 8.74. The molecule has 5 heteroatoms. The Balaban J connectivity index is 3.34. The maximum atomic E-state index is 8.74. The lowest BCUT2D eigenvalue weighted by molar-refractivity contribution is 0.164. The zero-order valence-electron chi connectivity index (χ0n) is 4.37. The van der Waals surface area contributed by atoms with E-state index in [0.29, 0.717) is 9.20 Å². The van der Waals surface area contributed by atoms with Crippen LogP contribution in [0.2, 0.25) is 0 Å². The molecule has 0 aromatic carbocycles. The van der Waals surface area contributed by atoms with Crippen LogP contribution in [0.5, 0.6) is 0 Å². The molecule has 0 unspecified atom stereocenters. The molecule has 1 aromatic heterocycles. The van der Waals surface area contributed by atoms with Crippen LogP contribution in [-0.2, 0) is 0 Å². The first-order valence-electron chi connectivity index (χ1n) is 2.18. The zero-order valence-corrected chi connectivity index (χ0v) is 5.96. The van der Waals surface area contributed by atoms with E-state index in [2.05, 4.69) is 20.9 Å². The second kappa shape index (κ2) is 2.18. The molecule has 4 nitrogen and oxygen atoms in total. The van der Waals surface area contributed by atoms with Crippen LogP contribution in [0.15, 0.2) is 16.9 Å². The summed E-state index contributed by atoms with van der Waals surface area (Å²) in [6.45, 7) is 0. The van der Waals surface area contributed by atoms with Gasteiger partial charge in [-0.3, -0.25) is 5.41 Å². The van der Waals surface area contributed by atoms with Crippen molar-refractivity contribution >= 4 is 15.9 Å². The average molecular weight is 190 g/mol. The molecule has 0 atom stereocenters. The fourth-order valence-electron chi connectivity index (χ4n) is 0.393. The molecule has 2 N–H and O–H groups in total. The quantitative estimate of drug-likeness (QED) is 0.580. The largest absolute Gasteiger partial charge is 0.425 e. The standard InChI is InChI=1S/C4H4BrN3O/c5-3-1-7-4(6)8(9)2-3/h1-2,6,9H. The van der Waals surface area contributed by atoms with Crippen LogP contribution in [0.3, 0.4) is 0 Å². The van der Waals surface area contributed by atoms with E-state index < -0.39 is 0 Å². The van der Waals surface area contributed by atoms with E-state index in [4.69, 9.17) is 10.6 Å². The van der Waals surface area contributed by atoms with Gasteiger partial charge >= 0.3 is 0 Å². The molecule has 0 amide bonds. The Morgan fingerprint density at radius 3 is 2.89 bits per heavy atom. The summed E-state index contributed by atoms with van der Waals surface area (Å²) in [5, 5.41) is 15.6. The van der Waals surface area contributed by atoms with Gasteiger partial charge in [0.1, 0.15) is 0 Å². The Morgan fingerprint density at radius 1 is 1.78 bits per heavy atom. The van der Waals surface area contributed by atoms with Crippen molar-refractivity contribution in [2.75, 3.05) is 0 Å². The minimum Gasteiger partial charge on any atom is -0.425 e. The van der Waals surface area contributed by atoms with Gasteiger partial charge in [-0.1, -0.05) is 0 Å². The fraction of sp³-hybridized carbons (Fsp3) is 0. The SMILES string of the molecule is N=c1ncc(Br)cn1O. The van der Waals surface area contributed by atoms with Gasteiger partial charge in [0.25, 0.3) is 5.62 Å². The summed E-state index contributed by atoms with van der Waals surface area (Å²) in [5.41, 5.74) is -0.182. The number of aromatic nitrogens is 2. The molecule has 0 saturated heterocycles. The molecule has 0 saturated carbocycles. The third kappa shape index (κ3) is 1.29. The van der Waals surface area contributed by atoms with Crippen LogP contribution in [0.25, 0.3) is 0 Å². The van der Waals surface area contributed by atoms with Gasteiger partial charge in [-0.2, -0.15) is 4.73 Å². The summed E-state index contributed by atoms with van der Waals surface area (Å²) >= 11 is 3.07. The predicted molar refractivity (Wildman–Crippen MR) is 33.0 cm³/mol.